The first-order valence-electron chi connectivity index (χ1n) is 8.08. The van der Waals surface area contributed by atoms with Crippen molar-refractivity contribution in [2.75, 3.05) is 33.4 Å². The van der Waals surface area contributed by atoms with E-state index in [0.29, 0.717) is 25.7 Å². The molecule has 0 N–H and O–H groups in total. The van der Waals surface area contributed by atoms with Gasteiger partial charge in [0.25, 0.3) is 5.91 Å². The number of carbonyl (C=O) groups excluding carboxylic acids is 2. The van der Waals surface area contributed by atoms with Gasteiger partial charge in [0.1, 0.15) is 5.78 Å². The second-order valence-electron chi connectivity index (χ2n) is 6.29. The van der Waals surface area contributed by atoms with E-state index >= 15 is 0 Å². The Labute approximate surface area is 133 Å². The number of carbonyl (C=O) groups is 2. The Morgan fingerprint density at radius 1 is 1.27 bits per heavy atom. The normalized spacial score (nSPS) is 28.5. The van der Waals surface area contributed by atoms with Crippen LogP contribution in [0.2, 0.25) is 0 Å². The molecular weight excluding hydrogens is 280 g/mol. The van der Waals surface area contributed by atoms with E-state index in [4.69, 9.17) is 4.74 Å². The molecule has 0 aliphatic carbocycles. The molecule has 0 aromatic rings. The molecule has 0 aromatic carbocycles. The molecule has 0 spiro atoms. The minimum absolute atomic E-state index is 0.00421. The molecule has 0 bridgehead atoms. The van der Waals surface area contributed by atoms with Crippen molar-refractivity contribution in [3.05, 3.63) is 0 Å². The highest BCUT2D eigenvalue weighted by atomic mass is 16.5. The minimum Gasteiger partial charge on any atom is -0.383 e. The van der Waals surface area contributed by atoms with Crippen LogP contribution in [0.15, 0.2) is 0 Å². The van der Waals surface area contributed by atoms with Gasteiger partial charge in [-0.25, -0.2) is 0 Å². The molecule has 2 saturated heterocycles. The van der Waals surface area contributed by atoms with Crippen molar-refractivity contribution in [2.24, 2.45) is 5.92 Å². The van der Waals surface area contributed by atoms with Gasteiger partial charge in [0.2, 0.25) is 0 Å². The number of nitrogens with zero attached hydrogens (tertiary/aromatic N) is 2. The van der Waals surface area contributed by atoms with Crippen LogP contribution in [0.4, 0.5) is 0 Å². The molecule has 122 valence electrons. The van der Waals surface area contributed by atoms with E-state index in [1.165, 1.54) is 0 Å². The standard InChI is InChI=1S/C17H26N2O3/c1-13-4-5-16(19(13)10-11-22-3)6-7-17(21)18-9-8-15(12-18)14(2)20/h13,15-16H,4-5,8-12H2,1-3H3/t13?,15-,16?/m0/s1. The van der Waals surface area contributed by atoms with Crippen molar-refractivity contribution in [3.8, 4) is 11.8 Å². The number of ether oxygens (including phenoxy) is 1. The lowest BCUT2D eigenvalue weighted by Gasteiger charge is -2.24. The van der Waals surface area contributed by atoms with Gasteiger partial charge in [-0.3, -0.25) is 14.5 Å². The summed E-state index contributed by atoms with van der Waals surface area (Å²) in [5.74, 6) is 5.95. The van der Waals surface area contributed by atoms with Crippen LogP contribution >= 0.6 is 0 Å². The summed E-state index contributed by atoms with van der Waals surface area (Å²) in [6.07, 6.45) is 2.87. The summed E-state index contributed by atoms with van der Waals surface area (Å²) in [5.41, 5.74) is 0. The third-order valence-electron chi connectivity index (χ3n) is 4.77. The predicted molar refractivity (Wildman–Crippen MR) is 84.2 cm³/mol. The van der Waals surface area contributed by atoms with Crippen LogP contribution < -0.4 is 0 Å². The fourth-order valence-corrected chi connectivity index (χ4v) is 3.27. The number of Topliss-reactive ketones (excluding diaryl/α,β-unsaturated/α-hetero) is 1. The number of hydrogen-bond acceptors (Lipinski definition) is 4. The Kier molecular flexibility index (Phi) is 5.98. The summed E-state index contributed by atoms with van der Waals surface area (Å²) in [5, 5.41) is 0. The van der Waals surface area contributed by atoms with Crippen LogP contribution in [0, 0.1) is 17.8 Å². The van der Waals surface area contributed by atoms with Crippen molar-refractivity contribution in [1.29, 1.82) is 0 Å². The fraction of sp³-hybridized carbons (Fsp3) is 0.765. The number of likely N-dealkylation sites (tertiary alicyclic amines) is 2. The maximum absolute atomic E-state index is 12.2. The van der Waals surface area contributed by atoms with Crippen LogP contribution in [-0.4, -0.2) is 66.9 Å². The summed E-state index contributed by atoms with van der Waals surface area (Å²) in [6.45, 7) is 6.49. The van der Waals surface area contributed by atoms with Gasteiger partial charge in [0.15, 0.2) is 0 Å². The van der Waals surface area contributed by atoms with E-state index in [1.54, 1.807) is 18.9 Å². The topological polar surface area (TPSA) is 49.9 Å². The smallest absolute Gasteiger partial charge is 0.298 e. The SMILES string of the molecule is COCCN1C(C)CCC1C#CC(=O)N1CC[C@H](C(C)=O)C1. The predicted octanol–water partition coefficient (Wildman–Crippen LogP) is 0.927. The molecule has 2 unspecified atom stereocenters. The third-order valence-corrected chi connectivity index (χ3v) is 4.77. The quantitative estimate of drug-likeness (QED) is 0.725. The summed E-state index contributed by atoms with van der Waals surface area (Å²) in [6, 6.07) is 0.624. The lowest BCUT2D eigenvalue weighted by Crippen LogP contribution is -2.36. The van der Waals surface area contributed by atoms with E-state index in [0.717, 1.165) is 25.8 Å². The van der Waals surface area contributed by atoms with Crippen LogP contribution in [0.1, 0.15) is 33.1 Å². The summed E-state index contributed by atoms with van der Waals surface area (Å²) >= 11 is 0. The molecule has 5 heteroatoms. The monoisotopic (exact) mass is 306 g/mol. The average Bonchev–Trinajstić information content (AvgIpc) is 3.10. The first-order valence-corrected chi connectivity index (χ1v) is 8.08. The van der Waals surface area contributed by atoms with Gasteiger partial charge in [-0.05, 0) is 39.0 Å². The molecule has 2 heterocycles. The van der Waals surface area contributed by atoms with Gasteiger partial charge in [0, 0.05) is 38.7 Å². The first kappa shape index (κ1) is 17.0. The zero-order chi connectivity index (χ0) is 16.1. The van der Waals surface area contributed by atoms with Crippen molar-refractivity contribution < 1.29 is 14.3 Å². The Balaban J connectivity index is 1.91. The summed E-state index contributed by atoms with van der Waals surface area (Å²) in [7, 11) is 1.70. The van der Waals surface area contributed by atoms with E-state index in [-0.39, 0.29) is 23.7 Å². The Morgan fingerprint density at radius 2 is 2.05 bits per heavy atom. The van der Waals surface area contributed by atoms with Crippen LogP contribution in [0.3, 0.4) is 0 Å². The van der Waals surface area contributed by atoms with E-state index in [1.807, 2.05) is 0 Å². The number of amides is 1. The fourth-order valence-electron chi connectivity index (χ4n) is 3.27. The second kappa shape index (κ2) is 7.75. The van der Waals surface area contributed by atoms with Gasteiger partial charge >= 0.3 is 0 Å². The Morgan fingerprint density at radius 3 is 2.68 bits per heavy atom. The molecule has 1 amide bonds. The van der Waals surface area contributed by atoms with Crippen LogP contribution in [0.25, 0.3) is 0 Å². The molecule has 3 atom stereocenters. The zero-order valence-corrected chi connectivity index (χ0v) is 13.8. The second-order valence-corrected chi connectivity index (χ2v) is 6.29. The molecule has 0 saturated carbocycles. The zero-order valence-electron chi connectivity index (χ0n) is 13.8. The van der Waals surface area contributed by atoms with E-state index in [2.05, 4.69) is 23.7 Å². The highest BCUT2D eigenvalue weighted by Gasteiger charge is 2.30. The van der Waals surface area contributed by atoms with Gasteiger partial charge in [-0.1, -0.05) is 5.92 Å². The summed E-state index contributed by atoms with van der Waals surface area (Å²) < 4.78 is 5.14. The first-order chi connectivity index (χ1) is 10.5. The number of ketones is 1. The maximum Gasteiger partial charge on any atom is 0.298 e. The lowest BCUT2D eigenvalue weighted by atomic mass is 10.1. The van der Waals surface area contributed by atoms with E-state index < -0.39 is 0 Å². The van der Waals surface area contributed by atoms with Gasteiger partial charge in [-0.15, -0.1) is 0 Å². The third kappa shape index (κ3) is 4.08. The highest BCUT2D eigenvalue weighted by Crippen LogP contribution is 2.23. The van der Waals surface area contributed by atoms with Gasteiger partial charge in [0.05, 0.1) is 12.6 Å². The maximum atomic E-state index is 12.2. The molecule has 22 heavy (non-hydrogen) atoms. The molecule has 0 aromatic heterocycles. The minimum atomic E-state index is -0.144. The largest absolute Gasteiger partial charge is 0.383 e. The van der Waals surface area contributed by atoms with Crippen molar-refractivity contribution in [3.63, 3.8) is 0 Å². The molecule has 2 aliphatic rings. The number of hydrogen-bond donors (Lipinski definition) is 0. The lowest BCUT2D eigenvalue weighted by molar-refractivity contribution is -0.124. The van der Waals surface area contributed by atoms with Gasteiger partial charge in [-0.2, -0.15) is 0 Å². The highest BCUT2D eigenvalue weighted by molar-refractivity contribution is 5.94. The Hall–Kier alpha value is -1.38. The molecule has 2 rings (SSSR count). The Bertz CT molecular complexity index is 480. The molecule has 2 aliphatic heterocycles. The van der Waals surface area contributed by atoms with Crippen LogP contribution in [0.5, 0.6) is 0 Å². The number of rotatable bonds is 4. The number of methoxy groups -OCH3 is 1. The molecule has 5 nitrogen and oxygen atoms in total. The van der Waals surface area contributed by atoms with Crippen molar-refractivity contribution >= 4 is 11.7 Å². The molecule has 2 fully saturated rings. The van der Waals surface area contributed by atoms with Crippen molar-refractivity contribution in [2.45, 2.75) is 45.2 Å². The molecular formula is C17H26N2O3. The molecule has 0 radical (unpaired) electrons. The average molecular weight is 306 g/mol. The van der Waals surface area contributed by atoms with Gasteiger partial charge < -0.3 is 9.64 Å². The van der Waals surface area contributed by atoms with E-state index in [9.17, 15) is 9.59 Å². The van der Waals surface area contributed by atoms with Crippen molar-refractivity contribution in [1.82, 2.24) is 9.80 Å². The van der Waals surface area contributed by atoms with Crippen LogP contribution in [-0.2, 0) is 14.3 Å². The summed E-state index contributed by atoms with van der Waals surface area (Å²) in [4.78, 5) is 27.6.